The zero-order valence-electron chi connectivity index (χ0n) is 44.3. The van der Waals surface area contributed by atoms with Crippen LogP contribution in [0.2, 0.25) is 0 Å². The van der Waals surface area contributed by atoms with Gasteiger partial charge in [-0.1, -0.05) is 303 Å². The van der Waals surface area contributed by atoms with Gasteiger partial charge in [0.1, 0.15) is 0 Å². The molecule has 0 aromatic rings. The second-order valence-corrected chi connectivity index (χ2v) is 20.7. The smallest absolute Gasteiger partial charge is 0.305 e. The summed E-state index contributed by atoms with van der Waals surface area (Å²) in [7, 11) is 0. The van der Waals surface area contributed by atoms with Crippen LogP contribution in [0.15, 0.2) is 0 Å². The van der Waals surface area contributed by atoms with Gasteiger partial charge in [-0.25, -0.2) is 0 Å². The van der Waals surface area contributed by atoms with Crippen molar-refractivity contribution >= 4 is 11.9 Å². The molecule has 0 saturated heterocycles. The number of aliphatic hydroxyl groups excluding tert-OH is 2. The lowest BCUT2D eigenvalue weighted by atomic mass is 10.0. The molecule has 1 amide bonds. The van der Waals surface area contributed by atoms with Crippen LogP contribution in [0.4, 0.5) is 0 Å². The Morgan fingerprint density at radius 3 is 0.938 bits per heavy atom. The maximum Gasteiger partial charge on any atom is 0.305 e. The van der Waals surface area contributed by atoms with Crippen molar-refractivity contribution in [3.63, 3.8) is 0 Å². The van der Waals surface area contributed by atoms with Crippen molar-refractivity contribution < 1.29 is 24.5 Å². The highest BCUT2D eigenvalue weighted by molar-refractivity contribution is 5.76. The van der Waals surface area contributed by atoms with Crippen LogP contribution in [-0.4, -0.2) is 47.4 Å². The third-order valence-corrected chi connectivity index (χ3v) is 14.2. The minimum Gasteiger partial charge on any atom is -0.466 e. The van der Waals surface area contributed by atoms with Crippen LogP contribution >= 0.6 is 0 Å². The fourth-order valence-electron chi connectivity index (χ4n) is 9.58. The number of hydrogen-bond donors (Lipinski definition) is 3. The van der Waals surface area contributed by atoms with Crippen LogP contribution in [0.25, 0.3) is 0 Å². The SMILES string of the molecule is CCCCCCCCCCCCCCCC(=O)OCCCCCCCCCCCCCCCCCCCCCCCCCC(=O)NC(CO)C(O)CCCCCCCCCCCCCC. The Bertz CT molecular complexity index is 928. The Balaban J connectivity index is 3.34. The predicted molar refractivity (Wildman–Crippen MR) is 283 cm³/mol. The molecule has 65 heavy (non-hydrogen) atoms. The Labute approximate surface area is 406 Å². The van der Waals surface area contributed by atoms with E-state index in [2.05, 4.69) is 19.2 Å². The Kier molecular flexibility index (Phi) is 54.5. The van der Waals surface area contributed by atoms with Gasteiger partial charge in [0, 0.05) is 12.8 Å². The Morgan fingerprint density at radius 2 is 0.631 bits per heavy atom. The summed E-state index contributed by atoms with van der Waals surface area (Å²) >= 11 is 0. The van der Waals surface area contributed by atoms with Crippen LogP contribution in [0.3, 0.4) is 0 Å². The molecule has 0 saturated carbocycles. The Hall–Kier alpha value is -1.14. The summed E-state index contributed by atoms with van der Waals surface area (Å²) in [6.45, 7) is 4.97. The van der Waals surface area contributed by atoms with E-state index >= 15 is 0 Å². The second kappa shape index (κ2) is 55.5. The molecule has 3 N–H and O–H groups in total. The number of carbonyl (C=O) groups excluding carboxylic acids is 2. The molecule has 0 radical (unpaired) electrons. The van der Waals surface area contributed by atoms with Gasteiger partial charge in [0.15, 0.2) is 0 Å². The minimum absolute atomic E-state index is 0.0167. The molecule has 0 aliphatic heterocycles. The number of ether oxygens (including phenoxy) is 1. The highest BCUT2D eigenvalue weighted by Crippen LogP contribution is 2.18. The quantitative estimate of drug-likeness (QED) is 0.0417. The molecule has 388 valence electrons. The lowest BCUT2D eigenvalue weighted by molar-refractivity contribution is -0.143. The molecule has 0 heterocycles. The fraction of sp³-hybridized carbons (Fsp3) is 0.966. The van der Waals surface area contributed by atoms with E-state index in [1.165, 1.54) is 270 Å². The van der Waals surface area contributed by atoms with Crippen LogP contribution in [0.5, 0.6) is 0 Å². The molecule has 0 rings (SSSR count). The molecule has 0 aliphatic carbocycles. The zero-order chi connectivity index (χ0) is 47.2. The normalized spacial score (nSPS) is 12.5. The van der Waals surface area contributed by atoms with E-state index in [-0.39, 0.29) is 18.5 Å². The maximum absolute atomic E-state index is 12.4. The number of aliphatic hydroxyl groups is 2. The third kappa shape index (κ3) is 52.1. The molecular formula is C59H117NO5. The average molecular weight is 921 g/mol. The van der Waals surface area contributed by atoms with Gasteiger partial charge in [-0.15, -0.1) is 0 Å². The number of rotatable bonds is 56. The molecule has 0 aromatic heterocycles. The van der Waals surface area contributed by atoms with Crippen LogP contribution < -0.4 is 5.32 Å². The first-order chi connectivity index (χ1) is 32.0. The molecular weight excluding hydrogens is 803 g/mol. The summed E-state index contributed by atoms with van der Waals surface area (Å²) in [6, 6.07) is -0.538. The molecule has 6 heteroatoms. The van der Waals surface area contributed by atoms with Crippen molar-refractivity contribution in [3.8, 4) is 0 Å². The standard InChI is InChI=1S/C59H117NO5/c1-3-5-7-9-11-13-15-28-33-37-41-45-49-53-59(64)65-54-50-46-42-38-34-30-27-25-23-21-19-17-18-20-22-24-26-29-32-36-40-44-48-52-58(63)60-56(55-61)57(62)51-47-43-39-35-31-16-14-12-10-8-6-4-2/h56-57,61-62H,3-55H2,1-2H3,(H,60,63). The number of esters is 1. The van der Waals surface area contributed by atoms with Gasteiger partial charge in [-0.05, 0) is 25.7 Å². The van der Waals surface area contributed by atoms with E-state index in [1.807, 2.05) is 0 Å². The Morgan fingerprint density at radius 1 is 0.369 bits per heavy atom. The summed E-state index contributed by atoms with van der Waals surface area (Å²) in [4.78, 5) is 24.5. The minimum atomic E-state index is -0.661. The van der Waals surface area contributed by atoms with E-state index < -0.39 is 12.1 Å². The van der Waals surface area contributed by atoms with Crippen molar-refractivity contribution in [3.05, 3.63) is 0 Å². The summed E-state index contributed by atoms with van der Waals surface area (Å²) in [5, 5.41) is 23.2. The predicted octanol–water partition coefficient (Wildman–Crippen LogP) is 18.3. The van der Waals surface area contributed by atoms with Crippen LogP contribution in [0, 0.1) is 0 Å². The largest absolute Gasteiger partial charge is 0.466 e. The van der Waals surface area contributed by atoms with Crippen molar-refractivity contribution in [1.29, 1.82) is 0 Å². The molecule has 0 fully saturated rings. The molecule has 6 nitrogen and oxygen atoms in total. The third-order valence-electron chi connectivity index (χ3n) is 14.2. The van der Waals surface area contributed by atoms with Gasteiger partial charge in [-0.2, -0.15) is 0 Å². The summed E-state index contributed by atoms with van der Waals surface area (Å²) in [6.07, 6.45) is 63.9. The van der Waals surface area contributed by atoms with Crippen LogP contribution in [-0.2, 0) is 14.3 Å². The topological polar surface area (TPSA) is 95.9 Å². The molecule has 0 spiro atoms. The van der Waals surface area contributed by atoms with Crippen molar-refractivity contribution in [2.45, 2.75) is 353 Å². The lowest BCUT2D eigenvalue weighted by Crippen LogP contribution is -2.45. The van der Waals surface area contributed by atoms with Gasteiger partial charge >= 0.3 is 5.97 Å². The molecule has 2 unspecified atom stereocenters. The van der Waals surface area contributed by atoms with Crippen molar-refractivity contribution in [1.82, 2.24) is 5.32 Å². The van der Waals surface area contributed by atoms with Gasteiger partial charge in [0.2, 0.25) is 5.91 Å². The number of unbranched alkanes of at least 4 members (excludes halogenated alkanes) is 45. The number of hydrogen-bond acceptors (Lipinski definition) is 5. The zero-order valence-corrected chi connectivity index (χ0v) is 44.3. The first-order valence-electron chi connectivity index (χ1n) is 29.8. The fourth-order valence-corrected chi connectivity index (χ4v) is 9.58. The summed E-state index contributed by atoms with van der Waals surface area (Å²) in [5.74, 6) is -0.0163. The lowest BCUT2D eigenvalue weighted by Gasteiger charge is -2.22. The first-order valence-corrected chi connectivity index (χ1v) is 29.8. The van der Waals surface area contributed by atoms with Gasteiger partial charge in [-0.3, -0.25) is 9.59 Å². The molecule has 0 aromatic carbocycles. The van der Waals surface area contributed by atoms with Gasteiger partial charge in [0.05, 0.1) is 25.4 Å². The molecule has 0 bridgehead atoms. The summed E-state index contributed by atoms with van der Waals surface area (Å²) < 4.78 is 5.48. The second-order valence-electron chi connectivity index (χ2n) is 20.7. The average Bonchev–Trinajstić information content (AvgIpc) is 3.31. The van der Waals surface area contributed by atoms with Crippen LogP contribution in [0.1, 0.15) is 341 Å². The first kappa shape index (κ1) is 63.9. The highest BCUT2D eigenvalue weighted by atomic mass is 16.5. The summed E-state index contributed by atoms with van der Waals surface area (Å²) in [5.41, 5.74) is 0. The van der Waals surface area contributed by atoms with E-state index in [9.17, 15) is 19.8 Å². The molecule has 2 atom stereocenters. The van der Waals surface area contributed by atoms with Gasteiger partial charge < -0.3 is 20.3 Å². The van der Waals surface area contributed by atoms with E-state index in [4.69, 9.17) is 4.74 Å². The van der Waals surface area contributed by atoms with E-state index in [0.717, 1.165) is 38.5 Å². The number of nitrogens with one attached hydrogen (secondary N) is 1. The van der Waals surface area contributed by atoms with Crippen molar-refractivity contribution in [2.24, 2.45) is 0 Å². The number of amides is 1. The maximum atomic E-state index is 12.4. The molecule has 0 aliphatic rings. The highest BCUT2D eigenvalue weighted by Gasteiger charge is 2.20. The van der Waals surface area contributed by atoms with Gasteiger partial charge in [0.25, 0.3) is 0 Å². The number of carbonyl (C=O) groups is 2. The van der Waals surface area contributed by atoms with E-state index in [1.54, 1.807) is 0 Å². The van der Waals surface area contributed by atoms with Crippen molar-refractivity contribution in [2.75, 3.05) is 13.2 Å². The van der Waals surface area contributed by atoms with E-state index in [0.29, 0.717) is 25.9 Å². The monoisotopic (exact) mass is 920 g/mol.